The van der Waals surface area contributed by atoms with E-state index in [0.717, 1.165) is 45.4 Å². The van der Waals surface area contributed by atoms with Crippen LogP contribution in [0.15, 0.2) is 47.1 Å². The van der Waals surface area contributed by atoms with Gasteiger partial charge in [0, 0.05) is 35.6 Å². The van der Waals surface area contributed by atoms with E-state index in [1.54, 1.807) is 29.3 Å². The number of aryl methyl sites for hydroxylation is 1. The summed E-state index contributed by atoms with van der Waals surface area (Å²) in [5.41, 5.74) is 3.20. The number of anilines is 2. The molecular formula is C18H20N4OS2. The monoisotopic (exact) mass is 372 g/mol. The molecule has 0 fully saturated rings. The zero-order chi connectivity index (χ0) is 17.5. The Bertz CT molecular complexity index is 809. The average Bonchev–Trinajstić information content (AvgIpc) is 3.13. The van der Waals surface area contributed by atoms with Gasteiger partial charge in [0.15, 0.2) is 0 Å². The molecule has 2 aromatic heterocycles. The molecule has 0 radical (unpaired) electrons. The third-order valence-corrected chi connectivity index (χ3v) is 5.28. The molecule has 0 aliphatic carbocycles. The lowest BCUT2D eigenvalue weighted by atomic mass is 10.1. The summed E-state index contributed by atoms with van der Waals surface area (Å²) >= 11 is 3.30. The van der Waals surface area contributed by atoms with Crippen LogP contribution >= 0.6 is 23.1 Å². The van der Waals surface area contributed by atoms with E-state index in [0.29, 0.717) is 5.95 Å². The van der Waals surface area contributed by atoms with Crippen molar-refractivity contribution >= 4 is 34.7 Å². The molecule has 5 nitrogen and oxygen atoms in total. The first kappa shape index (κ1) is 17.8. The van der Waals surface area contributed by atoms with Crippen LogP contribution < -0.4 is 5.32 Å². The number of aromatic nitrogens is 3. The number of nitrogens with one attached hydrogen (secondary N) is 1. The first-order valence-corrected chi connectivity index (χ1v) is 9.96. The molecule has 0 aliphatic rings. The number of thioether (sulfide) groups is 1. The minimum atomic E-state index is 0.242. The third-order valence-electron chi connectivity index (χ3n) is 3.45. The van der Waals surface area contributed by atoms with Crippen molar-refractivity contribution in [3.8, 4) is 10.6 Å². The maximum atomic E-state index is 8.84. The van der Waals surface area contributed by atoms with Gasteiger partial charge in [-0.05, 0) is 55.3 Å². The van der Waals surface area contributed by atoms with Gasteiger partial charge in [-0.15, -0.1) is 23.1 Å². The van der Waals surface area contributed by atoms with Crippen LogP contribution in [0, 0.1) is 6.92 Å². The van der Waals surface area contributed by atoms with Crippen LogP contribution in [-0.2, 0) is 0 Å². The molecular weight excluding hydrogens is 352 g/mol. The summed E-state index contributed by atoms with van der Waals surface area (Å²) in [6.45, 7) is 2.31. The first-order valence-electron chi connectivity index (χ1n) is 8.10. The molecule has 130 valence electrons. The molecule has 0 atom stereocenters. The number of aliphatic hydroxyl groups excluding tert-OH is 1. The van der Waals surface area contributed by atoms with Crippen LogP contribution in [0.25, 0.3) is 10.6 Å². The maximum absolute atomic E-state index is 8.84. The molecule has 1 aromatic carbocycles. The Hall–Kier alpha value is -1.96. The predicted octanol–water partition coefficient (Wildman–Crippen LogP) is 4.52. The van der Waals surface area contributed by atoms with Crippen LogP contribution in [0.5, 0.6) is 0 Å². The zero-order valence-corrected chi connectivity index (χ0v) is 15.6. The highest BCUT2D eigenvalue weighted by atomic mass is 32.2. The maximum Gasteiger partial charge on any atom is 0.228 e. The first-order chi connectivity index (χ1) is 12.2. The zero-order valence-electron chi connectivity index (χ0n) is 14.0. The van der Waals surface area contributed by atoms with Crippen molar-refractivity contribution in [2.45, 2.75) is 24.8 Å². The Kier molecular flexibility index (Phi) is 6.38. The van der Waals surface area contributed by atoms with Crippen molar-refractivity contribution in [1.82, 2.24) is 15.0 Å². The number of benzene rings is 1. The second-order valence-electron chi connectivity index (χ2n) is 5.55. The summed E-state index contributed by atoms with van der Waals surface area (Å²) in [6.07, 6.45) is 5.38. The minimum Gasteiger partial charge on any atom is -0.396 e. The Morgan fingerprint density at radius 3 is 2.88 bits per heavy atom. The average molecular weight is 373 g/mol. The molecule has 3 rings (SSSR count). The van der Waals surface area contributed by atoms with Crippen molar-refractivity contribution in [1.29, 1.82) is 0 Å². The Balaban J connectivity index is 1.72. The molecule has 0 spiro atoms. The van der Waals surface area contributed by atoms with E-state index in [1.165, 1.54) is 0 Å². The number of hydrogen-bond donors (Lipinski definition) is 2. The summed E-state index contributed by atoms with van der Waals surface area (Å²) in [5.74, 6) is 1.53. The topological polar surface area (TPSA) is 70.9 Å². The molecule has 7 heteroatoms. The summed E-state index contributed by atoms with van der Waals surface area (Å²) in [5, 5.41) is 16.0. The van der Waals surface area contributed by atoms with Gasteiger partial charge in [-0.2, -0.15) is 0 Å². The molecule has 25 heavy (non-hydrogen) atoms. The van der Waals surface area contributed by atoms with Crippen LogP contribution in [0.1, 0.15) is 18.4 Å². The number of hydrogen-bond acceptors (Lipinski definition) is 7. The molecule has 2 N–H and O–H groups in total. The van der Waals surface area contributed by atoms with Crippen LogP contribution in [-0.4, -0.2) is 32.4 Å². The number of rotatable bonds is 8. The highest BCUT2D eigenvalue weighted by Gasteiger charge is 2.06. The van der Waals surface area contributed by atoms with Gasteiger partial charge in [-0.1, -0.05) is 0 Å². The van der Waals surface area contributed by atoms with E-state index in [4.69, 9.17) is 5.11 Å². The number of unbranched alkanes of at least 4 members (excludes halogenated alkanes) is 1. The van der Waals surface area contributed by atoms with Crippen LogP contribution in [0.4, 0.5) is 11.6 Å². The van der Waals surface area contributed by atoms with Crippen molar-refractivity contribution in [3.05, 3.63) is 47.6 Å². The van der Waals surface area contributed by atoms with E-state index in [1.807, 2.05) is 17.6 Å². The second-order valence-corrected chi connectivity index (χ2v) is 7.56. The fourth-order valence-electron chi connectivity index (χ4n) is 2.35. The smallest absolute Gasteiger partial charge is 0.228 e. The number of thiazole rings is 1. The molecule has 0 amide bonds. The van der Waals surface area contributed by atoms with Gasteiger partial charge in [0.05, 0.1) is 0 Å². The minimum absolute atomic E-state index is 0.242. The molecule has 0 bridgehead atoms. The van der Waals surface area contributed by atoms with Crippen molar-refractivity contribution in [2.75, 3.05) is 17.7 Å². The highest BCUT2D eigenvalue weighted by molar-refractivity contribution is 7.99. The summed E-state index contributed by atoms with van der Waals surface area (Å²) < 4.78 is 0. The van der Waals surface area contributed by atoms with Crippen LogP contribution in [0.2, 0.25) is 0 Å². The Morgan fingerprint density at radius 2 is 2.08 bits per heavy atom. The molecule has 0 saturated heterocycles. The third kappa shape index (κ3) is 5.26. The second kappa shape index (κ2) is 8.94. The van der Waals surface area contributed by atoms with Crippen molar-refractivity contribution in [2.24, 2.45) is 0 Å². The molecule has 3 aromatic rings. The molecule has 0 aliphatic heterocycles. The van der Waals surface area contributed by atoms with Crippen molar-refractivity contribution < 1.29 is 5.11 Å². The normalized spacial score (nSPS) is 10.8. The quantitative estimate of drug-likeness (QED) is 0.344. The van der Waals surface area contributed by atoms with E-state index in [9.17, 15) is 0 Å². The van der Waals surface area contributed by atoms with E-state index < -0.39 is 0 Å². The molecule has 0 saturated carbocycles. The standard InChI is InChI=1S/C18H20N4OS2/c1-13-10-14(17-19-6-9-25-17)12-15(11-13)21-18-20-5-4-16(22-18)24-8-3-2-7-23/h4-6,9-12,23H,2-3,7-8H2,1H3,(H,20,21,22). The van der Waals surface area contributed by atoms with Gasteiger partial charge in [-0.3, -0.25) is 0 Å². The van der Waals surface area contributed by atoms with Gasteiger partial charge in [0.1, 0.15) is 10.0 Å². The number of aliphatic hydroxyl groups is 1. The van der Waals surface area contributed by atoms with Crippen molar-refractivity contribution in [3.63, 3.8) is 0 Å². The van der Waals surface area contributed by atoms with E-state index >= 15 is 0 Å². The summed E-state index contributed by atoms with van der Waals surface area (Å²) in [6, 6.07) is 8.17. The van der Waals surface area contributed by atoms with Gasteiger partial charge in [0.2, 0.25) is 5.95 Å². The lowest BCUT2D eigenvalue weighted by molar-refractivity contribution is 0.287. The van der Waals surface area contributed by atoms with E-state index in [-0.39, 0.29) is 6.61 Å². The summed E-state index contributed by atoms with van der Waals surface area (Å²) in [7, 11) is 0. The predicted molar refractivity (Wildman–Crippen MR) is 105 cm³/mol. The Labute approximate surface area is 155 Å². The molecule has 2 heterocycles. The highest BCUT2D eigenvalue weighted by Crippen LogP contribution is 2.27. The van der Waals surface area contributed by atoms with Gasteiger partial charge >= 0.3 is 0 Å². The lowest BCUT2D eigenvalue weighted by Gasteiger charge is -2.09. The fraction of sp³-hybridized carbons (Fsp3) is 0.278. The summed E-state index contributed by atoms with van der Waals surface area (Å²) in [4.78, 5) is 13.2. The van der Waals surface area contributed by atoms with E-state index in [2.05, 4.69) is 45.4 Å². The van der Waals surface area contributed by atoms with Gasteiger partial charge in [-0.25, -0.2) is 15.0 Å². The number of nitrogens with zero attached hydrogens (tertiary/aromatic N) is 3. The lowest BCUT2D eigenvalue weighted by Crippen LogP contribution is -1.98. The Morgan fingerprint density at radius 1 is 1.16 bits per heavy atom. The SMILES string of the molecule is Cc1cc(Nc2nccc(SCCCCO)n2)cc(-c2nccs2)c1. The molecule has 0 unspecified atom stereocenters. The largest absolute Gasteiger partial charge is 0.396 e. The van der Waals surface area contributed by atoms with Gasteiger partial charge in [0.25, 0.3) is 0 Å². The van der Waals surface area contributed by atoms with Crippen LogP contribution in [0.3, 0.4) is 0 Å². The fourth-order valence-corrected chi connectivity index (χ4v) is 3.84. The van der Waals surface area contributed by atoms with Gasteiger partial charge < -0.3 is 10.4 Å².